The zero-order chi connectivity index (χ0) is 18.3. The van der Waals surface area contributed by atoms with Gasteiger partial charge in [0.1, 0.15) is 11.9 Å². The molecule has 1 unspecified atom stereocenters. The summed E-state index contributed by atoms with van der Waals surface area (Å²) in [7, 11) is 0. The van der Waals surface area contributed by atoms with Gasteiger partial charge in [-0.1, -0.05) is 36.4 Å². The molecule has 1 amide bonds. The summed E-state index contributed by atoms with van der Waals surface area (Å²) in [4.78, 5) is 15.1. The Morgan fingerprint density at radius 3 is 2.31 bits per heavy atom. The lowest BCUT2D eigenvalue weighted by Crippen LogP contribution is -2.43. The first-order valence-corrected chi connectivity index (χ1v) is 8.60. The van der Waals surface area contributed by atoms with E-state index >= 15 is 0 Å². The monoisotopic (exact) mass is 344 g/mol. The number of carbonyl (C=O) groups is 1. The molecule has 0 saturated carbocycles. The van der Waals surface area contributed by atoms with Gasteiger partial charge in [-0.05, 0) is 55.3 Å². The third kappa shape index (κ3) is 2.69. The number of fused-ring (bicyclic) bond motifs is 1. The van der Waals surface area contributed by atoms with E-state index in [-0.39, 0.29) is 11.7 Å². The van der Waals surface area contributed by atoms with Gasteiger partial charge in [0.25, 0.3) is 5.91 Å². The number of phenols is 1. The summed E-state index contributed by atoms with van der Waals surface area (Å²) in [6, 6.07) is 20.6. The van der Waals surface area contributed by atoms with Crippen molar-refractivity contribution in [2.45, 2.75) is 20.0 Å². The Balaban J connectivity index is 1.92. The molecule has 0 spiro atoms. The van der Waals surface area contributed by atoms with E-state index < -0.39 is 6.17 Å². The van der Waals surface area contributed by atoms with Gasteiger partial charge in [0.15, 0.2) is 0 Å². The molecule has 1 aliphatic rings. The zero-order valence-electron chi connectivity index (χ0n) is 14.7. The maximum Gasteiger partial charge on any atom is 0.262 e. The molecule has 4 rings (SSSR count). The summed E-state index contributed by atoms with van der Waals surface area (Å²) in [5.41, 5.74) is 5.03. The van der Waals surface area contributed by atoms with Gasteiger partial charge in [0.05, 0.1) is 5.56 Å². The van der Waals surface area contributed by atoms with Gasteiger partial charge in [0.2, 0.25) is 0 Å². The molecule has 0 aromatic heterocycles. The highest BCUT2D eigenvalue weighted by atomic mass is 16.3. The smallest absolute Gasteiger partial charge is 0.262 e. The quantitative estimate of drug-likeness (QED) is 0.703. The molecule has 2 N–H and O–H groups in total. The first kappa shape index (κ1) is 16.2. The largest absolute Gasteiger partial charge is 0.508 e. The highest BCUT2D eigenvalue weighted by Gasteiger charge is 2.35. The number of nitrogens with one attached hydrogen (secondary N) is 1. The summed E-state index contributed by atoms with van der Waals surface area (Å²) < 4.78 is 0. The standard InChI is InChI=1S/C22H20N2O2/c1-14-11-15(2)13-16(12-14)24-21(18-8-4-6-10-20(18)25)23-19-9-5-3-7-17(19)22(24)26/h3-13,21,23,25H,1-2H3. The number of aromatic hydroxyl groups is 1. The molecule has 0 bridgehead atoms. The summed E-state index contributed by atoms with van der Waals surface area (Å²) in [6.45, 7) is 4.03. The van der Waals surface area contributed by atoms with Crippen LogP contribution in [0.5, 0.6) is 5.75 Å². The highest BCUT2D eigenvalue weighted by Crippen LogP contribution is 2.39. The van der Waals surface area contributed by atoms with Crippen molar-refractivity contribution < 1.29 is 9.90 Å². The van der Waals surface area contributed by atoms with Gasteiger partial charge in [-0.2, -0.15) is 0 Å². The lowest BCUT2D eigenvalue weighted by Gasteiger charge is -2.38. The lowest BCUT2D eigenvalue weighted by molar-refractivity contribution is 0.0974. The van der Waals surface area contributed by atoms with Gasteiger partial charge in [-0.25, -0.2) is 0 Å². The van der Waals surface area contributed by atoms with E-state index in [4.69, 9.17) is 0 Å². The van der Waals surface area contributed by atoms with E-state index in [0.29, 0.717) is 11.1 Å². The van der Waals surface area contributed by atoms with Crippen LogP contribution in [0.1, 0.15) is 33.2 Å². The van der Waals surface area contributed by atoms with Crippen LogP contribution in [-0.2, 0) is 0 Å². The second-order valence-corrected chi connectivity index (χ2v) is 6.67. The van der Waals surface area contributed by atoms with Gasteiger partial charge < -0.3 is 10.4 Å². The molecule has 130 valence electrons. The normalized spacial score (nSPS) is 16.2. The molecule has 26 heavy (non-hydrogen) atoms. The Bertz CT molecular complexity index is 977. The number of para-hydroxylation sites is 2. The molecular formula is C22H20N2O2. The molecule has 4 nitrogen and oxygen atoms in total. The van der Waals surface area contributed by atoms with Crippen molar-refractivity contribution >= 4 is 17.3 Å². The van der Waals surface area contributed by atoms with E-state index in [1.54, 1.807) is 17.0 Å². The molecule has 0 fully saturated rings. The van der Waals surface area contributed by atoms with Crippen molar-refractivity contribution in [3.8, 4) is 5.75 Å². The maximum absolute atomic E-state index is 13.3. The molecule has 3 aromatic carbocycles. The van der Waals surface area contributed by atoms with Gasteiger partial charge >= 0.3 is 0 Å². The van der Waals surface area contributed by atoms with Crippen LogP contribution in [0.15, 0.2) is 66.7 Å². The van der Waals surface area contributed by atoms with Crippen LogP contribution in [0.2, 0.25) is 0 Å². The lowest BCUT2D eigenvalue weighted by atomic mass is 10.0. The highest BCUT2D eigenvalue weighted by molar-refractivity contribution is 6.12. The first-order chi connectivity index (χ1) is 12.5. The summed E-state index contributed by atoms with van der Waals surface area (Å²) >= 11 is 0. The first-order valence-electron chi connectivity index (χ1n) is 8.60. The Kier molecular flexibility index (Phi) is 3.88. The van der Waals surface area contributed by atoms with E-state index in [2.05, 4.69) is 11.4 Å². The van der Waals surface area contributed by atoms with Crippen molar-refractivity contribution in [2.24, 2.45) is 0 Å². The molecule has 0 radical (unpaired) electrons. The van der Waals surface area contributed by atoms with Crippen LogP contribution in [0.4, 0.5) is 11.4 Å². The number of amides is 1. The number of anilines is 2. The van der Waals surface area contributed by atoms with Crippen molar-refractivity contribution in [3.05, 3.63) is 89.0 Å². The van der Waals surface area contributed by atoms with Crippen LogP contribution in [-0.4, -0.2) is 11.0 Å². The molecule has 1 atom stereocenters. The van der Waals surface area contributed by atoms with Crippen LogP contribution in [0.25, 0.3) is 0 Å². The van der Waals surface area contributed by atoms with E-state index in [9.17, 15) is 9.90 Å². The number of carbonyl (C=O) groups excluding carboxylic acids is 1. The number of benzene rings is 3. The van der Waals surface area contributed by atoms with Crippen molar-refractivity contribution in [3.63, 3.8) is 0 Å². The molecule has 1 aliphatic heterocycles. The van der Waals surface area contributed by atoms with Crippen LogP contribution in [0.3, 0.4) is 0 Å². The fourth-order valence-corrected chi connectivity index (χ4v) is 3.55. The third-order valence-electron chi connectivity index (χ3n) is 4.64. The third-order valence-corrected chi connectivity index (χ3v) is 4.64. The van der Waals surface area contributed by atoms with Gasteiger partial charge in [0, 0.05) is 16.9 Å². The number of hydrogen-bond acceptors (Lipinski definition) is 3. The second-order valence-electron chi connectivity index (χ2n) is 6.67. The van der Waals surface area contributed by atoms with Gasteiger partial charge in [-0.15, -0.1) is 0 Å². The maximum atomic E-state index is 13.3. The fourth-order valence-electron chi connectivity index (χ4n) is 3.55. The summed E-state index contributed by atoms with van der Waals surface area (Å²) in [5.74, 6) is 0.0733. The van der Waals surface area contributed by atoms with Crippen molar-refractivity contribution in [2.75, 3.05) is 10.2 Å². The molecular weight excluding hydrogens is 324 g/mol. The Labute approximate surface area is 152 Å². The molecule has 4 heteroatoms. The Morgan fingerprint density at radius 2 is 1.58 bits per heavy atom. The number of hydrogen-bond donors (Lipinski definition) is 2. The average molecular weight is 344 g/mol. The number of aryl methyl sites for hydroxylation is 2. The van der Waals surface area contributed by atoms with Crippen LogP contribution >= 0.6 is 0 Å². The second kappa shape index (κ2) is 6.23. The molecule has 1 heterocycles. The minimum Gasteiger partial charge on any atom is -0.508 e. The van der Waals surface area contributed by atoms with E-state index in [1.165, 1.54) is 0 Å². The number of phenolic OH excluding ortho intramolecular Hbond substituents is 1. The predicted octanol–water partition coefficient (Wildman–Crippen LogP) is 4.78. The molecule has 3 aromatic rings. The number of rotatable bonds is 2. The summed E-state index contributed by atoms with van der Waals surface area (Å²) in [5, 5.41) is 13.8. The Hall–Kier alpha value is -3.27. The SMILES string of the molecule is Cc1cc(C)cc(N2C(=O)c3ccccc3NC2c2ccccc2O)c1. The zero-order valence-corrected chi connectivity index (χ0v) is 14.7. The fraction of sp³-hybridized carbons (Fsp3) is 0.136. The average Bonchev–Trinajstić information content (AvgIpc) is 2.61. The minimum atomic E-state index is -0.486. The predicted molar refractivity (Wildman–Crippen MR) is 104 cm³/mol. The van der Waals surface area contributed by atoms with E-state index in [0.717, 1.165) is 22.5 Å². The Morgan fingerprint density at radius 1 is 0.923 bits per heavy atom. The molecule has 0 saturated heterocycles. The van der Waals surface area contributed by atoms with E-state index in [1.807, 2.05) is 62.4 Å². The van der Waals surface area contributed by atoms with Crippen molar-refractivity contribution in [1.82, 2.24) is 0 Å². The van der Waals surface area contributed by atoms with Crippen LogP contribution < -0.4 is 10.2 Å². The number of nitrogens with zero attached hydrogens (tertiary/aromatic N) is 1. The van der Waals surface area contributed by atoms with Crippen molar-refractivity contribution in [1.29, 1.82) is 0 Å². The van der Waals surface area contributed by atoms with Gasteiger partial charge in [-0.3, -0.25) is 9.69 Å². The minimum absolute atomic E-state index is 0.0856. The summed E-state index contributed by atoms with van der Waals surface area (Å²) in [6.07, 6.45) is -0.486. The topological polar surface area (TPSA) is 52.6 Å². The van der Waals surface area contributed by atoms with Crippen LogP contribution in [0, 0.1) is 13.8 Å². The molecule has 0 aliphatic carbocycles.